The fourth-order valence-corrected chi connectivity index (χ4v) is 1.86. The molecule has 1 aliphatic rings. The fraction of sp³-hybridized carbons (Fsp3) is 0.500. The third kappa shape index (κ3) is 1.86. The van der Waals surface area contributed by atoms with Gasteiger partial charge in [0.05, 0.1) is 14.2 Å². The van der Waals surface area contributed by atoms with Gasteiger partial charge in [0.25, 0.3) is 0 Å². The van der Waals surface area contributed by atoms with Gasteiger partial charge in [0.15, 0.2) is 11.5 Å². The Morgan fingerprint density at radius 3 is 2.35 bits per heavy atom. The van der Waals surface area contributed by atoms with E-state index in [1.807, 2.05) is 19.9 Å². The zero-order valence-corrected chi connectivity index (χ0v) is 10.5. The van der Waals surface area contributed by atoms with Gasteiger partial charge in [-0.1, -0.05) is 0 Å². The number of methoxy groups -OCH3 is 2. The molecule has 0 aliphatic carbocycles. The van der Waals surface area contributed by atoms with Crippen molar-refractivity contribution in [2.45, 2.75) is 19.4 Å². The number of hydrogen-bond acceptors (Lipinski definition) is 5. The minimum Gasteiger partial charge on any atom is -0.492 e. The van der Waals surface area contributed by atoms with Crippen molar-refractivity contribution in [2.24, 2.45) is 5.73 Å². The Morgan fingerprint density at radius 1 is 1.18 bits per heavy atom. The van der Waals surface area contributed by atoms with E-state index in [2.05, 4.69) is 0 Å². The third-order valence-corrected chi connectivity index (χ3v) is 2.68. The van der Waals surface area contributed by atoms with Gasteiger partial charge in [-0.15, -0.1) is 0 Å². The molecule has 5 nitrogen and oxygen atoms in total. The average Bonchev–Trinajstić information content (AvgIpc) is 2.72. The lowest BCUT2D eigenvalue weighted by Gasteiger charge is -2.24. The molecule has 0 radical (unpaired) electrons. The largest absolute Gasteiger partial charge is 0.492 e. The Labute approximate surface area is 100 Å². The lowest BCUT2D eigenvalue weighted by atomic mass is 9.93. The van der Waals surface area contributed by atoms with Crippen molar-refractivity contribution >= 4 is 0 Å². The number of hydrogen-bond donors (Lipinski definition) is 1. The monoisotopic (exact) mass is 239 g/mol. The molecule has 0 unspecified atom stereocenters. The first kappa shape index (κ1) is 11.9. The first-order valence-electron chi connectivity index (χ1n) is 5.33. The van der Waals surface area contributed by atoms with Gasteiger partial charge < -0.3 is 24.7 Å². The normalized spacial score (nSPS) is 13.7. The maximum atomic E-state index is 6.12. The molecule has 0 aromatic heterocycles. The van der Waals surface area contributed by atoms with Crippen molar-refractivity contribution in [3.05, 3.63) is 11.6 Å². The van der Waals surface area contributed by atoms with E-state index in [-0.39, 0.29) is 6.79 Å². The summed E-state index contributed by atoms with van der Waals surface area (Å²) in [4.78, 5) is 0. The molecule has 0 spiro atoms. The SMILES string of the molecule is COc1c(C(C)(C)N)cc2c(c1OC)OCO2. The predicted molar refractivity (Wildman–Crippen MR) is 62.9 cm³/mol. The van der Waals surface area contributed by atoms with Gasteiger partial charge in [-0.25, -0.2) is 0 Å². The van der Waals surface area contributed by atoms with Crippen LogP contribution in [0.4, 0.5) is 0 Å². The van der Waals surface area contributed by atoms with Crippen LogP contribution in [0, 0.1) is 0 Å². The number of ether oxygens (including phenoxy) is 4. The molecule has 1 aromatic carbocycles. The van der Waals surface area contributed by atoms with Gasteiger partial charge in [0, 0.05) is 11.1 Å². The zero-order chi connectivity index (χ0) is 12.6. The minimum absolute atomic E-state index is 0.184. The Kier molecular flexibility index (Phi) is 2.79. The second-order valence-electron chi connectivity index (χ2n) is 4.45. The van der Waals surface area contributed by atoms with Crippen molar-refractivity contribution in [2.75, 3.05) is 21.0 Å². The van der Waals surface area contributed by atoms with Crippen molar-refractivity contribution in [3.8, 4) is 23.0 Å². The number of benzene rings is 1. The first-order valence-corrected chi connectivity index (χ1v) is 5.33. The van der Waals surface area contributed by atoms with Gasteiger partial charge in [0.2, 0.25) is 18.3 Å². The van der Waals surface area contributed by atoms with Gasteiger partial charge in [0.1, 0.15) is 0 Å². The van der Waals surface area contributed by atoms with E-state index in [9.17, 15) is 0 Å². The van der Waals surface area contributed by atoms with Crippen LogP contribution in [-0.4, -0.2) is 21.0 Å². The standard InChI is InChI=1S/C12H17NO4/c1-12(2,13)7-5-8-10(17-6-16-8)11(15-4)9(7)14-3/h5H,6,13H2,1-4H3. The van der Waals surface area contributed by atoms with Crippen molar-refractivity contribution < 1.29 is 18.9 Å². The molecule has 0 fully saturated rings. The summed E-state index contributed by atoms with van der Waals surface area (Å²) >= 11 is 0. The molecule has 1 aromatic rings. The Morgan fingerprint density at radius 2 is 1.82 bits per heavy atom. The van der Waals surface area contributed by atoms with E-state index < -0.39 is 5.54 Å². The summed E-state index contributed by atoms with van der Waals surface area (Å²) in [5.74, 6) is 2.31. The molecule has 0 atom stereocenters. The maximum absolute atomic E-state index is 6.12. The molecule has 0 bridgehead atoms. The molecule has 5 heteroatoms. The summed E-state index contributed by atoms with van der Waals surface area (Å²) < 4.78 is 21.4. The second-order valence-corrected chi connectivity index (χ2v) is 4.45. The van der Waals surface area contributed by atoms with Crippen LogP contribution in [0.2, 0.25) is 0 Å². The van der Waals surface area contributed by atoms with Crippen LogP contribution < -0.4 is 24.7 Å². The predicted octanol–water partition coefficient (Wildman–Crippen LogP) is 1.63. The highest BCUT2D eigenvalue weighted by molar-refractivity contribution is 5.64. The quantitative estimate of drug-likeness (QED) is 0.868. The topological polar surface area (TPSA) is 62.9 Å². The molecule has 0 saturated heterocycles. The maximum Gasteiger partial charge on any atom is 0.231 e. The van der Waals surface area contributed by atoms with Crippen LogP contribution in [0.15, 0.2) is 6.07 Å². The van der Waals surface area contributed by atoms with Crippen LogP contribution in [0.25, 0.3) is 0 Å². The van der Waals surface area contributed by atoms with Gasteiger partial charge in [-0.05, 0) is 19.9 Å². The zero-order valence-electron chi connectivity index (χ0n) is 10.5. The third-order valence-electron chi connectivity index (χ3n) is 2.68. The van der Waals surface area contributed by atoms with Crippen molar-refractivity contribution in [3.63, 3.8) is 0 Å². The molecular weight excluding hydrogens is 222 g/mol. The first-order chi connectivity index (χ1) is 7.99. The highest BCUT2D eigenvalue weighted by atomic mass is 16.7. The summed E-state index contributed by atoms with van der Waals surface area (Å²) in [6.45, 7) is 3.97. The Bertz CT molecular complexity index is 437. The summed E-state index contributed by atoms with van der Waals surface area (Å²) in [5, 5.41) is 0. The van der Waals surface area contributed by atoms with E-state index in [0.717, 1.165) is 5.56 Å². The lowest BCUT2D eigenvalue weighted by molar-refractivity contribution is 0.170. The molecule has 1 aliphatic heterocycles. The van der Waals surface area contributed by atoms with E-state index in [4.69, 9.17) is 24.7 Å². The summed E-state index contributed by atoms with van der Waals surface area (Å²) in [6, 6.07) is 1.84. The molecular formula is C12H17NO4. The molecule has 0 amide bonds. The second kappa shape index (κ2) is 4.00. The molecule has 17 heavy (non-hydrogen) atoms. The molecule has 0 saturated carbocycles. The van der Waals surface area contributed by atoms with E-state index in [0.29, 0.717) is 23.0 Å². The number of rotatable bonds is 3. The highest BCUT2D eigenvalue weighted by Crippen LogP contribution is 2.50. The smallest absolute Gasteiger partial charge is 0.231 e. The number of nitrogens with two attached hydrogens (primary N) is 1. The van der Waals surface area contributed by atoms with Gasteiger partial charge in [-0.3, -0.25) is 0 Å². The van der Waals surface area contributed by atoms with Crippen molar-refractivity contribution in [1.82, 2.24) is 0 Å². The van der Waals surface area contributed by atoms with E-state index in [1.165, 1.54) is 0 Å². The molecule has 1 heterocycles. The van der Waals surface area contributed by atoms with Gasteiger partial charge >= 0.3 is 0 Å². The van der Waals surface area contributed by atoms with Crippen LogP contribution in [0.1, 0.15) is 19.4 Å². The van der Waals surface area contributed by atoms with Crippen molar-refractivity contribution in [1.29, 1.82) is 0 Å². The molecule has 94 valence electrons. The highest BCUT2D eigenvalue weighted by Gasteiger charge is 2.30. The van der Waals surface area contributed by atoms with Crippen LogP contribution >= 0.6 is 0 Å². The van der Waals surface area contributed by atoms with E-state index in [1.54, 1.807) is 14.2 Å². The van der Waals surface area contributed by atoms with Gasteiger partial charge in [-0.2, -0.15) is 0 Å². The molecule has 2 rings (SSSR count). The minimum atomic E-state index is -0.556. The number of fused-ring (bicyclic) bond motifs is 1. The van der Waals surface area contributed by atoms with E-state index >= 15 is 0 Å². The van der Waals surface area contributed by atoms with Crippen LogP contribution in [-0.2, 0) is 5.54 Å². The molecule has 2 N–H and O–H groups in total. The lowest BCUT2D eigenvalue weighted by Crippen LogP contribution is -2.29. The summed E-state index contributed by atoms with van der Waals surface area (Å²) in [5.41, 5.74) is 6.38. The fourth-order valence-electron chi connectivity index (χ4n) is 1.86. The van der Waals surface area contributed by atoms with Crippen LogP contribution in [0.3, 0.4) is 0 Å². The summed E-state index contributed by atoms with van der Waals surface area (Å²) in [7, 11) is 3.14. The Balaban J connectivity index is 2.69. The van der Waals surface area contributed by atoms with Crippen LogP contribution in [0.5, 0.6) is 23.0 Å². The Hall–Kier alpha value is -1.62. The summed E-state index contributed by atoms with van der Waals surface area (Å²) in [6.07, 6.45) is 0. The average molecular weight is 239 g/mol.